The van der Waals surface area contributed by atoms with Gasteiger partial charge in [-0.25, -0.2) is 0 Å². The summed E-state index contributed by atoms with van der Waals surface area (Å²) in [7, 11) is 0. The lowest BCUT2D eigenvalue weighted by atomic mass is 9.97. The molecule has 0 aromatic heterocycles. The Labute approximate surface area is 151 Å². The Kier molecular flexibility index (Phi) is 9.46. The first kappa shape index (κ1) is 20.5. The van der Waals surface area contributed by atoms with Gasteiger partial charge in [0.25, 0.3) is 0 Å². The van der Waals surface area contributed by atoms with E-state index in [0.29, 0.717) is 12.6 Å². The third-order valence-corrected chi connectivity index (χ3v) is 4.15. The quantitative estimate of drug-likeness (QED) is 0.739. The zero-order chi connectivity index (χ0) is 16.5. The van der Waals surface area contributed by atoms with Gasteiger partial charge in [-0.15, -0.1) is 12.4 Å². The van der Waals surface area contributed by atoms with E-state index in [1.807, 2.05) is 12.1 Å². The van der Waals surface area contributed by atoms with E-state index in [-0.39, 0.29) is 19.0 Å². The Morgan fingerprint density at radius 1 is 0.958 bits per heavy atom. The Bertz CT molecular complexity index is 556. The van der Waals surface area contributed by atoms with Crippen LogP contribution in [-0.4, -0.2) is 36.3 Å². The van der Waals surface area contributed by atoms with E-state index >= 15 is 0 Å². The molecule has 0 heterocycles. The monoisotopic (exact) mass is 349 g/mol. The molecule has 4 heteroatoms. The number of likely N-dealkylation sites (N-methyl/N-ethyl adjacent to an activating group) is 1. The second kappa shape index (κ2) is 11.1. The normalized spacial score (nSPS) is 11.8. The maximum absolute atomic E-state index is 8.84. The van der Waals surface area contributed by atoms with Crippen LogP contribution in [0, 0.1) is 0 Å². The molecule has 2 rings (SSSR count). The predicted octanol–water partition coefficient (Wildman–Crippen LogP) is 4.11. The molecular formula is C20H28ClNO2. The number of halogens is 1. The number of benzene rings is 2. The second-order valence-corrected chi connectivity index (χ2v) is 5.57. The molecule has 2 aromatic rings. The van der Waals surface area contributed by atoms with E-state index < -0.39 is 0 Å². The highest BCUT2D eigenvalue weighted by atomic mass is 35.5. The van der Waals surface area contributed by atoms with Crippen molar-refractivity contribution in [2.24, 2.45) is 0 Å². The Balaban J connectivity index is 0.00000288. The van der Waals surface area contributed by atoms with E-state index in [1.165, 1.54) is 11.1 Å². The minimum absolute atomic E-state index is 0. The first-order valence-corrected chi connectivity index (χ1v) is 8.40. The van der Waals surface area contributed by atoms with Crippen molar-refractivity contribution in [1.29, 1.82) is 0 Å². The molecule has 0 spiro atoms. The van der Waals surface area contributed by atoms with Crippen LogP contribution in [0.4, 0.5) is 0 Å². The molecule has 0 aliphatic heterocycles. The summed E-state index contributed by atoms with van der Waals surface area (Å²) in [6, 6.07) is 19.3. The highest BCUT2D eigenvalue weighted by Gasteiger charge is 2.18. The number of ether oxygens (including phenoxy) is 1. The summed E-state index contributed by atoms with van der Waals surface area (Å²) in [4.78, 5) is 2.48. The van der Waals surface area contributed by atoms with Crippen molar-refractivity contribution in [3.8, 4) is 5.75 Å². The lowest BCUT2D eigenvalue weighted by Gasteiger charge is -2.30. The van der Waals surface area contributed by atoms with Gasteiger partial charge in [0.05, 0.1) is 6.61 Å². The molecule has 0 radical (unpaired) electrons. The molecule has 1 N–H and O–H groups in total. The fraction of sp³-hybridized carbons (Fsp3) is 0.400. The van der Waals surface area contributed by atoms with Crippen LogP contribution in [0.2, 0.25) is 0 Å². The maximum Gasteiger partial charge on any atom is 0.119 e. The van der Waals surface area contributed by atoms with Crippen LogP contribution >= 0.6 is 12.4 Å². The lowest BCUT2D eigenvalue weighted by Crippen LogP contribution is -2.30. The van der Waals surface area contributed by atoms with Gasteiger partial charge < -0.3 is 9.84 Å². The molecule has 3 nitrogen and oxygen atoms in total. The van der Waals surface area contributed by atoms with Gasteiger partial charge in [0.1, 0.15) is 12.4 Å². The van der Waals surface area contributed by atoms with Crippen molar-refractivity contribution in [3.05, 3.63) is 65.7 Å². The molecule has 24 heavy (non-hydrogen) atoms. The van der Waals surface area contributed by atoms with Crippen LogP contribution in [0.1, 0.15) is 31.0 Å². The Hall–Kier alpha value is -1.55. The highest BCUT2D eigenvalue weighted by Crippen LogP contribution is 2.26. The van der Waals surface area contributed by atoms with Gasteiger partial charge in [0, 0.05) is 6.04 Å². The fourth-order valence-corrected chi connectivity index (χ4v) is 2.91. The van der Waals surface area contributed by atoms with Gasteiger partial charge in [-0.1, -0.05) is 56.3 Å². The van der Waals surface area contributed by atoms with E-state index in [9.17, 15) is 0 Å². The zero-order valence-electron chi connectivity index (χ0n) is 14.5. The van der Waals surface area contributed by atoms with Crippen LogP contribution in [-0.2, 0) is 6.42 Å². The number of hydrogen-bond acceptors (Lipinski definition) is 3. The molecule has 132 valence electrons. The molecule has 0 aliphatic carbocycles. The highest BCUT2D eigenvalue weighted by molar-refractivity contribution is 5.85. The number of aliphatic hydroxyl groups excluding tert-OH is 1. The number of aliphatic hydroxyl groups is 1. The first-order valence-electron chi connectivity index (χ1n) is 8.40. The average Bonchev–Trinajstić information content (AvgIpc) is 2.61. The molecular weight excluding hydrogens is 322 g/mol. The summed E-state index contributed by atoms with van der Waals surface area (Å²) in [6.07, 6.45) is 0.999. The lowest BCUT2D eigenvalue weighted by molar-refractivity contribution is 0.200. The van der Waals surface area contributed by atoms with Gasteiger partial charge in [-0.3, -0.25) is 4.90 Å². The average molecular weight is 350 g/mol. The second-order valence-electron chi connectivity index (χ2n) is 5.57. The van der Waals surface area contributed by atoms with Crippen molar-refractivity contribution in [2.45, 2.75) is 26.3 Å². The summed E-state index contributed by atoms with van der Waals surface area (Å²) < 4.78 is 5.46. The fourth-order valence-electron chi connectivity index (χ4n) is 2.91. The van der Waals surface area contributed by atoms with E-state index in [1.54, 1.807) is 0 Å². The molecule has 0 saturated heterocycles. The van der Waals surface area contributed by atoms with Crippen LogP contribution in [0.3, 0.4) is 0 Å². The van der Waals surface area contributed by atoms with Crippen molar-refractivity contribution in [3.63, 3.8) is 0 Å². The third kappa shape index (κ3) is 5.82. The van der Waals surface area contributed by atoms with Gasteiger partial charge in [0.2, 0.25) is 0 Å². The van der Waals surface area contributed by atoms with E-state index in [2.05, 4.69) is 61.2 Å². The third-order valence-electron chi connectivity index (χ3n) is 4.15. The number of hydrogen-bond donors (Lipinski definition) is 1. The van der Waals surface area contributed by atoms with Gasteiger partial charge in [-0.05, 0) is 42.8 Å². The molecule has 0 amide bonds. The Morgan fingerprint density at radius 2 is 1.58 bits per heavy atom. The summed E-state index contributed by atoms with van der Waals surface area (Å²) >= 11 is 0. The smallest absolute Gasteiger partial charge is 0.119 e. The van der Waals surface area contributed by atoms with Crippen LogP contribution in [0.15, 0.2) is 54.6 Å². The van der Waals surface area contributed by atoms with E-state index in [4.69, 9.17) is 9.84 Å². The molecule has 1 unspecified atom stereocenters. The summed E-state index contributed by atoms with van der Waals surface area (Å²) in [5, 5.41) is 8.84. The van der Waals surface area contributed by atoms with Crippen LogP contribution < -0.4 is 4.74 Å². The van der Waals surface area contributed by atoms with Crippen molar-refractivity contribution in [1.82, 2.24) is 4.90 Å². The molecule has 1 atom stereocenters. The zero-order valence-corrected chi connectivity index (χ0v) is 15.3. The number of rotatable bonds is 9. The van der Waals surface area contributed by atoms with Gasteiger partial charge in [0.15, 0.2) is 0 Å². The molecule has 0 aliphatic rings. The standard InChI is InChI=1S/C20H27NO2.ClH/c1-3-21(4-2)20(16-17-8-6-5-7-9-17)18-10-12-19(13-11-18)23-15-14-22;/h5-13,20,22H,3-4,14-16H2,1-2H3;1H. The Morgan fingerprint density at radius 3 is 2.12 bits per heavy atom. The van der Waals surface area contributed by atoms with E-state index in [0.717, 1.165) is 25.3 Å². The largest absolute Gasteiger partial charge is 0.491 e. The van der Waals surface area contributed by atoms with Gasteiger partial charge in [-0.2, -0.15) is 0 Å². The first-order chi connectivity index (χ1) is 11.3. The SMILES string of the molecule is CCN(CC)C(Cc1ccccc1)c1ccc(OCCO)cc1.Cl. The van der Waals surface area contributed by atoms with Crippen LogP contribution in [0.25, 0.3) is 0 Å². The molecule has 2 aromatic carbocycles. The minimum atomic E-state index is 0. The van der Waals surface area contributed by atoms with Crippen molar-refractivity contribution >= 4 is 12.4 Å². The molecule has 0 bridgehead atoms. The van der Waals surface area contributed by atoms with Gasteiger partial charge >= 0.3 is 0 Å². The van der Waals surface area contributed by atoms with Crippen molar-refractivity contribution < 1.29 is 9.84 Å². The number of nitrogens with zero attached hydrogens (tertiary/aromatic N) is 1. The van der Waals surface area contributed by atoms with Crippen LogP contribution in [0.5, 0.6) is 5.75 Å². The summed E-state index contributed by atoms with van der Waals surface area (Å²) in [5.41, 5.74) is 2.65. The maximum atomic E-state index is 8.84. The predicted molar refractivity (Wildman–Crippen MR) is 102 cm³/mol. The topological polar surface area (TPSA) is 32.7 Å². The molecule has 0 saturated carbocycles. The molecule has 0 fully saturated rings. The summed E-state index contributed by atoms with van der Waals surface area (Å²) in [5.74, 6) is 0.806. The summed E-state index contributed by atoms with van der Waals surface area (Å²) in [6.45, 7) is 6.84. The van der Waals surface area contributed by atoms with Crippen molar-refractivity contribution in [2.75, 3.05) is 26.3 Å². The minimum Gasteiger partial charge on any atom is -0.491 e.